The molecule has 1 aromatic carbocycles. The minimum Gasteiger partial charge on any atom is -0.494 e. The molecule has 1 aromatic rings. The van der Waals surface area contributed by atoms with Gasteiger partial charge in [-0.2, -0.15) is 0 Å². The van der Waals surface area contributed by atoms with E-state index in [4.69, 9.17) is 4.74 Å². The molecule has 1 aliphatic rings. The van der Waals surface area contributed by atoms with Crippen LogP contribution in [-0.4, -0.2) is 56.0 Å². The molecule has 0 aromatic heterocycles. The Morgan fingerprint density at radius 2 is 2.00 bits per heavy atom. The Balaban J connectivity index is 1.57. The molecule has 0 saturated carbocycles. The molecule has 0 aliphatic carbocycles. The van der Waals surface area contributed by atoms with E-state index in [1.54, 1.807) is 7.05 Å². The van der Waals surface area contributed by atoms with Crippen LogP contribution in [0.3, 0.4) is 0 Å². The minimum absolute atomic E-state index is 0.0381. The van der Waals surface area contributed by atoms with Crippen LogP contribution in [0.2, 0.25) is 0 Å². The number of benzene rings is 1. The van der Waals surface area contributed by atoms with Gasteiger partial charge in [-0.3, -0.25) is 14.5 Å². The molecule has 2 amide bonds. The maximum absolute atomic E-state index is 12.0. The van der Waals surface area contributed by atoms with E-state index in [1.165, 1.54) is 0 Å². The van der Waals surface area contributed by atoms with Crippen LogP contribution in [0.25, 0.3) is 0 Å². The molecule has 0 bridgehead atoms. The molecular weight excluding hydrogens is 318 g/mol. The second kappa shape index (κ2) is 10.0. The van der Waals surface area contributed by atoms with Crippen LogP contribution in [0.5, 0.6) is 5.75 Å². The molecule has 2 N–H and O–H groups in total. The van der Waals surface area contributed by atoms with Crippen molar-refractivity contribution < 1.29 is 14.3 Å². The van der Waals surface area contributed by atoms with Crippen LogP contribution < -0.4 is 15.4 Å². The summed E-state index contributed by atoms with van der Waals surface area (Å²) in [6, 6.07) is 8.13. The van der Waals surface area contributed by atoms with Gasteiger partial charge >= 0.3 is 0 Å². The minimum atomic E-state index is 0.0381. The van der Waals surface area contributed by atoms with Crippen molar-refractivity contribution in [2.75, 3.05) is 33.3 Å². The summed E-state index contributed by atoms with van der Waals surface area (Å²) in [5.74, 6) is 0.970. The maximum atomic E-state index is 12.0. The summed E-state index contributed by atoms with van der Waals surface area (Å²) in [4.78, 5) is 25.5. The average Bonchev–Trinajstić information content (AvgIpc) is 2.60. The highest BCUT2D eigenvalue weighted by Gasteiger charge is 2.21. The third-order valence-corrected chi connectivity index (χ3v) is 4.41. The van der Waals surface area contributed by atoms with Gasteiger partial charge in [-0.05, 0) is 43.9 Å². The van der Waals surface area contributed by atoms with Crippen molar-refractivity contribution >= 4 is 11.8 Å². The molecule has 2 rings (SSSR count). The molecular formula is C19H29N3O3. The second-order valence-electron chi connectivity index (χ2n) is 6.56. The first-order chi connectivity index (χ1) is 12.1. The number of amides is 2. The number of likely N-dealkylation sites (tertiary alicyclic amines) is 1. The maximum Gasteiger partial charge on any atom is 0.233 e. The molecule has 6 heteroatoms. The number of hydrogen-bond donors (Lipinski definition) is 2. The first kappa shape index (κ1) is 19.2. The van der Waals surface area contributed by atoms with Gasteiger partial charge in [0, 0.05) is 32.6 Å². The SMILES string of the molecule is CNC(=O)CN1CCC(NC(=O)CCCOc2cccc(C)c2)CC1. The van der Waals surface area contributed by atoms with Gasteiger partial charge in [0.15, 0.2) is 0 Å². The van der Waals surface area contributed by atoms with Crippen LogP contribution in [0.4, 0.5) is 0 Å². The molecule has 138 valence electrons. The lowest BCUT2D eigenvalue weighted by molar-refractivity contribution is -0.124. The molecule has 0 radical (unpaired) electrons. The lowest BCUT2D eigenvalue weighted by Gasteiger charge is -2.31. The Hall–Kier alpha value is -2.08. The zero-order valence-electron chi connectivity index (χ0n) is 15.2. The Morgan fingerprint density at radius 3 is 2.68 bits per heavy atom. The number of nitrogens with one attached hydrogen (secondary N) is 2. The predicted octanol–water partition coefficient (Wildman–Crippen LogP) is 1.48. The molecule has 1 aliphatic heterocycles. The van der Waals surface area contributed by atoms with Gasteiger partial charge < -0.3 is 15.4 Å². The van der Waals surface area contributed by atoms with E-state index in [0.717, 1.165) is 37.2 Å². The molecule has 0 spiro atoms. The summed E-state index contributed by atoms with van der Waals surface area (Å²) in [7, 11) is 1.65. The molecule has 25 heavy (non-hydrogen) atoms. The van der Waals surface area contributed by atoms with Crippen LogP contribution in [0.1, 0.15) is 31.2 Å². The van der Waals surface area contributed by atoms with Crippen LogP contribution in [-0.2, 0) is 9.59 Å². The van der Waals surface area contributed by atoms with E-state index in [1.807, 2.05) is 31.2 Å². The first-order valence-electron chi connectivity index (χ1n) is 8.98. The van der Waals surface area contributed by atoms with Crippen LogP contribution in [0.15, 0.2) is 24.3 Å². The molecule has 0 atom stereocenters. The fourth-order valence-corrected chi connectivity index (χ4v) is 2.95. The van der Waals surface area contributed by atoms with Gasteiger partial charge in [-0.15, -0.1) is 0 Å². The molecule has 1 heterocycles. The Bertz CT molecular complexity index is 569. The summed E-state index contributed by atoms with van der Waals surface area (Å²) < 4.78 is 5.66. The topological polar surface area (TPSA) is 70.7 Å². The zero-order valence-corrected chi connectivity index (χ0v) is 15.2. The van der Waals surface area contributed by atoms with Gasteiger partial charge in [0.05, 0.1) is 13.2 Å². The van der Waals surface area contributed by atoms with E-state index in [9.17, 15) is 9.59 Å². The number of piperidine rings is 1. The summed E-state index contributed by atoms with van der Waals surface area (Å²) in [5.41, 5.74) is 1.16. The van der Waals surface area contributed by atoms with Crippen LogP contribution >= 0.6 is 0 Å². The highest BCUT2D eigenvalue weighted by Crippen LogP contribution is 2.13. The number of carbonyl (C=O) groups is 2. The fraction of sp³-hybridized carbons (Fsp3) is 0.579. The number of hydrogen-bond acceptors (Lipinski definition) is 4. The van der Waals surface area contributed by atoms with E-state index < -0.39 is 0 Å². The van der Waals surface area contributed by atoms with E-state index >= 15 is 0 Å². The van der Waals surface area contributed by atoms with Crippen molar-refractivity contribution in [2.45, 2.75) is 38.6 Å². The lowest BCUT2D eigenvalue weighted by Crippen LogP contribution is -2.47. The van der Waals surface area contributed by atoms with Gasteiger partial charge in [0.25, 0.3) is 0 Å². The highest BCUT2D eigenvalue weighted by atomic mass is 16.5. The summed E-state index contributed by atoms with van der Waals surface area (Å²) in [6.45, 7) is 4.69. The smallest absolute Gasteiger partial charge is 0.233 e. The van der Waals surface area contributed by atoms with E-state index in [2.05, 4.69) is 15.5 Å². The molecule has 6 nitrogen and oxygen atoms in total. The monoisotopic (exact) mass is 347 g/mol. The Labute approximate surface area is 149 Å². The van der Waals surface area contributed by atoms with Crippen molar-refractivity contribution in [3.8, 4) is 5.75 Å². The van der Waals surface area contributed by atoms with Gasteiger partial charge in [-0.1, -0.05) is 12.1 Å². The summed E-state index contributed by atoms with van der Waals surface area (Å²) in [6.07, 6.45) is 2.96. The number of aryl methyl sites for hydroxylation is 1. The third-order valence-electron chi connectivity index (χ3n) is 4.41. The standard InChI is InChI=1S/C19H29N3O3/c1-15-5-3-6-17(13-15)25-12-4-7-18(23)21-16-8-10-22(11-9-16)14-19(24)20-2/h3,5-6,13,16H,4,7-12,14H2,1-2H3,(H,20,24)(H,21,23). The Kier molecular flexibility index (Phi) is 7.73. The zero-order chi connectivity index (χ0) is 18.1. The molecule has 1 saturated heterocycles. The number of carbonyl (C=O) groups excluding carboxylic acids is 2. The van der Waals surface area contributed by atoms with Gasteiger partial charge in [-0.25, -0.2) is 0 Å². The van der Waals surface area contributed by atoms with Crippen molar-refractivity contribution in [3.63, 3.8) is 0 Å². The number of nitrogens with zero attached hydrogens (tertiary/aromatic N) is 1. The average molecular weight is 347 g/mol. The van der Waals surface area contributed by atoms with E-state index in [0.29, 0.717) is 26.0 Å². The third kappa shape index (κ3) is 7.13. The molecule has 0 unspecified atom stereocenters. The Morgan fingerprint density at radius 1 is 1.24 bits per heavy atom. The molecule has 1 fully saturated rings. The van der Waals surface area contributed by atoms with Crippen molar-refractivity contribution in [1.82, 2.24) is 15.5 Å². The largest absolute Gasteiger partial charge is 0.494 e. The highest BCUT2D eigenvalue weighted by molar-refractivity contribution is 5.77. The summed E-state index contributed by atoms with van der Waals surface area (Å²) >= 11 is 0. The number of likely N-dealkylation sites (N-methyl/N-ethyl adjacent to an activating group) is 1. The normalized spacial score (nSPS) is 15.6. The predicted molar refractivity (Wildman–Crippen MR) is 97.6 cm³/mol. The number of ether oxygens (including phenoxy) is 1. The quantitative estimate of drug-likeness (QED) is 0.699. The number of rotatable bonds is 8. The van der Waals surface area contributed by atoms with Crippen molar-refractivity contribution in [2.24, 2.45) is 0 Å². The van der Waals surface area contributed by atoms with Crippen molar-refractivity contribution in [3.05, 3.63) is 29.8 Å². The fourth-order valence-electron chi connectivity index (χ4n) is 2.95. The van der Waals surface area contributed by atoms with Crippen LogP contribution in [0, 0.1) is 6.92 Å². The van der Waals surface area contributed by atoms with Gasteiger partial charge in [0.1, 0.15) is 5.75 Å². The van der Waals surface area contributed by atoms with Crippen molar-refractivity contribution in [1.29, 1.82) is 0 Å². The lowest BCUT2D eigenvalue weighted by atomic mass is 10.0. The summed E-state index contributed by atoms with van der Waals surface area (Å²) in [5, 5.41) is 5.73. The first-order valence-corrected chi connectivity index (χ1v) is 8.98. The van der Waals surface area contributed by atoms with Gasteiger partial charge in [0.2, 0.25) is 11.8 Å². The van der Waals surface area contributed by atoms with E-state index in [-0.39, 0.29) is 17.9 Å². The second-order valence-corrected chi connectivity index (χ2v) is 6.56.